The molecule has 1 saturated heterocycles. The molecule has 0 spiro atoms. The van der Waals surface area contributed by atoms with E-state index in [9.17, 15) is 9.18 Å². The number of nitrogens with two attached hydrogens (primary N) is 1. The minimum atomic E-state index is -0.539. The van der Waals surface area contributed by atoms with Crippen LogP contribution in [0.3, 0.4) is 0 Å². The molecule has 0 unspecified atom stereocenters. The molecule has 3 N–H and O–H groups in total. The average molecular weight is 444 g/mol. The minimum absolute atomic E-state index is 0.0313. The first-order valence-electron chi connectivity index (χ1n) is 10.6. The predicted molar refractivity (Wildman–Crippen MR) is 123 cm³/mol. The number of aromatic nitrogens is 5. The molecule has 3 aromatic heterocycles. The summed E-state index contributed by atoms with van der Waals surface area (Å²) in [7, 11) is 0. The van der Waals surface area contributed by atoms with Gasteiger partial charge in [-0.15, -0.1) is 0 Å². The number of hydrogen-bond donors (Lipinski definition) is 2. The van der Waals surface area contributed by atoms with Gasteiger partial charge in [-0.3, -0.25) is 4.79 Å². The van der Waals surface area contributed by atoms with Gasteiger partial charge < -0.3 is 16.0 Å². The summed E-state index contributed by atoms with van der Waals surface area (Å²) >= 11 is 0. The van der Waals surface area contributed by atoms with Gasteiger partial charge in [0.05, 0.1) is 17.4 Å². The monoisotopic (exact) mass is 444 g/mol. The number of carbonyl (C=O) groups is 1. The lowest BCUT2D eigenvalue weighted by Gasteiger charge is -2.29. The van der Waals surface area contributed by atoms with Crippen molar-refractivity contribution in [1.29, 1.82) is 0 Å². The molecule has 1 fully saturated rings. The summed E-state index contributed by atoms with van der Waals surface area (Å²) in [6.45, 7) is 1.81. The van der Waals surface area contributed by atoms with Gasteiger partial charge in [0.25, 0.3) is 5.91 Å². The number of pyridine rings is 1. The molecule has 0 atom stereocenters. The van der Waals surface area contributed by atoms with Crippen molar-refractivity contribution in [2.75, 3.05) is 29.0 Å². The van der Waals surface area contributed by atoms with E-state index < -0.39 is 11.7 Å². The molecule has 166 valence electrons. The number of nitrogen functional groups attached to an aromatic ring is 1. The first kappa shape index (κ1) is 20.7. The maximum atomic E-state index is 13.9. The van der Waals surface area contributed by atoms with E-state index in [0.29, 0.717) is 22.4 Å². The first-order chi connectivity index (χ1) is 16.1. The Balaban J connectivity index is 1.49. The van der Waals surface area contributed by atoms with Crippen LogP contribution in [0.15, 0.2) is 49.1 Å². The average Bonchev–Trinajstić information content (AvgIpc) is 2.85. The van der Waals surface area contributed by atoms with Crippen LogP contribution in [0.4, 0.5) is 21.7 Å². The zero-order valence-corrected chi connectivity index (χ0v) is 17.7. The highest BCUT2D eigenvalue weighted by Gasteiger charge is 2.21. The van der Waals surface area contributed by atoms with Crippen molar-refractivity contribution >= 4 is 34.1 Å². The third-order valence-corrected chi connectivity index (χ3v) is 5.57. The number of nitrogens with zero attached hydrogens (tertiary/aromatic N) is 6. The van der Waals surface area contributed by atoms with Gasteiger partial charge in [0.15, 0.2) is 17.3 Å². The van der Waals surface area contributed by atoms with E-state index in [4.69, 9.17) is 5.73 Å². The molecule has 1 aliphatic heterocycles. The van der Waals surface area contributed by atoms with Crippen molar-refractivity contribution in [3.63, 3.8) is 0 Å². The lowest BCUT2D eigenvalue weighted by Crippen LogP contribution is -2.31. The molecule has 0 saturated carbocycles. The molecule has 1 aromatic carbocycles. The van der Waals surface area contributed by atoms with Crippen LogP contribution in [0, 0.1) is 5.82 Å². The molecule has 10 heteroatoms. The third kappa shape index (κ3) is 4.14. The summed E-state index contributed by atoms with van der Waals surface area (Å²) in [5.74, 6) is -0.564. The Labute approximate surface area is 188 Å². The first-order valence-corrected chi connectivity index (χ1v) is 10.6. The lowest BCUT2D eigenvalue weighted by atomic mass is 10.1. The van der Waals surface area contributed by atoms with E-state index in [1.807, 2.05) is 12.1 Å². The van der Waals surface area contributed by atoms with Crippen molar-refractivity contribution in [3.05, 3.63) is 60.6 Å². The number of nitrogens with one attached hydrogen (secondary N) is 1. The van der Waals surface area contributed by atoms with Crippen LogP contribution < -0.4 is 16.0 Å². The molecule has 4 aromatic rings. The summed E-state index contributed by atoms with van der Waals surface area (Å²) in [6.07, 6.45) is 7.76. The van der Waals surface area contributed by atoms with E-state index in [1.54, 1.807) is 12.3 Å². The van der Waals surface area contributed by atoms with Crippen LogP contribution in [0.2, 0.25) is 0 Å². The van der Waals surface area contributed by atoms with Gasteiger partial charge in [-0.2, -0.15) is 0 Å². The molecule has 1 amide bonds. The Hall–Kier alpha value is -4.21. The Morgan fingerprint density at radius 1 is 1.06 bits per heavy atom. The molecule has 5 rings (SSSR count). The second-order valence-corrected chi connectivity index (χ2v) is 7.75. The number of carbonyl (C=O) groups excluding carboxylic acids is 1. The number of halogens is 1. The van der Waals surface area contributed by atoms with E-state index in [0.717, 1.165) is 31.6 Å². The SMILES string of the molecule is Nc1ncc(-c2ncnc3ccc(F)cc23)nc1C(=O)Nc1ncccc1N1CCCCC1. The highest BCUT2D eigenvalue weighted by molar-refractivity contribution is 6.07. The van der Waals surface area contributed by atoms with Crippen LogP contribution in [-0.2, 0) is 0 Å². The Kier molecular flexibility index (Phi) is 5.47. The van der Waals surface area contributed by atoms with Crippen molar-refractivity contribution < 1.29 is 9.18 Å². The van der Waals surface area contributed by atoms with Gasteiger partial charge in [0, 0.05) is 24.7 Å². The van der Waals surface area contributed by atoms with Gasteiger partial charge in [0.1, 0.15) is 23.5 Å². The molecule has 0 bridgehead atoms. The molecule has 9 nitrogen and oxygen atoms in total. The van der Waals surface area contributed by atoms with Gasteiger partial charge in [-0.1, -0.05) is 0 Å². The molecule has 0 aliphatic carbocycles. The predicted octanol–water partition coefficient (Wildman–Crippen LogP) is 3.45. The van der Waals surface area contributed by atoms with Crippen LogP contribution >= 0.6 is 0 Å². The van der Waals surface area contributed by atoms with E-state index in [2.05, 4.69) is 35.1 Å². The highest BCUT2D eigenvalue weighted by Crippen LogP contribution is 2.28. The lowest BCUT2D eigenvalue weighted by molar-refractivity contribution is 0.102. The van der Waals surface area contributed by atoms with E-state index in [-0.39, 0.29) is 17.2 Å². The van der Waals surface area contributed by atoms with Gasteiger partial charge in [0.2, 0.25) is 0 Å². The van der Waals surface area contributed by atoms with Gasteiger partial charge in [-0.05, 0) is 49.6 Å². The largest absolute Gasteiger partial charge is 0.382 e. The highest BCUT2D eigenvalue weighted by atomic mass is 19.1. The maximum absolute atomic E-state index is 13.9. The summed E-state index contributed by atoms with van der Waals surface area (Å²) in [5, 5.41) is 3.28. The van der Waals surface area contributed by atoms with Crippen LogP contribution in [-0.4, -0.2) is 43.9 Å². The summed E-state index contributed by atoms with van der Waals surface area (Å²) in [6, 6.07) is 7.97. The summed E-state index contributed by atoms with van der Waals surface area (Å²) in [5.41, 5.74) is 7.95. The zero-order valence-electron chi connectivity index (χ0n) is 17.7. The fourth-order valence-electron chi connectivity index (χ4n) is 3.96. The Morgan fingerprint density at radius 3 is 2.76 bits per heavy atom. The number of hydrogen-bond acceptors (Lipinski definition) is 8. The molecule has 0 radical (unpaired) electrons. The fourth-order valence-corrected chi connectivity index (χ4v) is 3.96. The number of piperidine rings is 1. The van der Waals surface area contributed by atoms with Gasteiger partial charge >= 0.3 is 0 Å². The van der Waals surface area contributed by atoms with E-state index >= 15 is 0 Å². The fraction of sp³-hybridized carbons (Fsp3) is 0.217. The smallest absolute Gasteiger partial charge is 0.279 e. The van der Waals surface area contributed by atoms with Gasteiger partial charge in [-0.25, -0.2) is 29.3 Å². The van der Waals surface area contributed by atoms with E-state index in [1.165, 1.54) is 31.1 Å². The van der Waals surface area contributed by atoms with Crippen LogP contribution in [0.5, 0.6) is 0 Å². The zero-order chi connectivity index (χ0) is 22.8. The van der Waals surface area contributed by atoms with Crippen molar-refractivity contribution in [1.82, 2.24) is 24.9 Å². The molecule has 1 aliphatic rings. The second-order valence-electron chi connectivity index (χ2n) is 7.75. The number of anilines is 3. The standard InChI is InChI=1S/C23H21FN8O/c24-14-6-7-16-15(11-14)19(29-13-28-16)17-12-27-21(25)20(30-17)23(33)31-22-18(5-4-8-26-22)32-9-2-1-3-10-32/h4-8,11-13H,1-3,9-10H2,(H2,25,27)(H,26,31,33). The number of fused-ring (bicyclic) bond motifs is 1. The second kappa shape index (κ2) is 8.73. The molecular weight excluding hydrogens is 423 g/mol. The normalized spacial score (nSPS) is 13.8. The van der Waals surface area contributed by atoms with Crippen LogP contribution in [0.1, 0.15) is 29.8 Å². The van der Waals surface area contributed by atoms with Crippen molar-refractivity contribution in [2.24, 2.45) is 0 Å². The Bertz CT molecular complexity index is 1340. The number of rotatable bonds is 4. The quantitative estimate of drug-likeness (QED) is 0.491. The summed E-state index contributed by atoms with van der Waals surface area (Å²) in [4.78, 5) is 36.6. The third-order valence-electron chi connectivity index (χ3n) is 5.57. The molecule has 4 heterocycles. The maximum Gasteiger partial charge on any atom is 0.279 e. The minimum Gasteiger partial charge on any atom is -0.382 e. The van der Waals surface area contributed by atoms with Crippen molar-refractivity contribution in [3.8, 4) is 11.4 Å². The van der Waals surface area contributed by atoms with Crippen LogP contribution in [0.25, 0.3) is 22.3 Å². The summed E-state index contributed by atoms with van der Waals surface area (Å²) < 4.78 is 13.9. The molecular formula is C23H21FN8O. The Morgan fingerprint density at radius 2 is 1.91 bits per heavy atom. The molecule has 33 heavy (non-hydrogen) atoms. The topological polar surface area (TPSA) is 123 Å². The number of amides is 1. The van der Waals surface area contributed by atoms with Crippen molar-refractivity contribution in [2.45, 2.75) is 19.3 Å². The number of benzene rings is 1.